The molecule has 0 radical (unpaired) electrons. The Kier molecular flexibility index (Phi) is 5.98. The Labute approximate surface area is 171 Å². The molecule has 28 heavy (non-hydrogen) atoms. The number of hydrogen-bond donors (Lipinski definition) is 1. The van der Waals surface area contributed by atoms with Crippen LogP contribution in [0.25, 0.3) is 0 Å². The zero-order chi connectivity index (χ0) is 19.4. The summed E-state index contributed by atoms with van der Waals surface area (Å²) in [7, 11) is -2.26. The molecule has 2 aromatic rings. The van der Waals surface area contributed by atoms with Crippen LogP contribution >= 0.6 is 0 Å². The first-order valence-corrected chi connectivity index (χ1v) is 13.0. The lowest BCUT2D eigenvalue weighted by molar-refractivity contribution is 0.416. The second-order valence-electron chi connectivity index (χ2n) is 8.66. The van der Waals surface area contributed by atoms with E-state index >= 15 is 0 Å². The molecular weight excluding hydrogens is 354 g/mol. The van der Waals surface area contributed by atoms with Crippen molar-refractivity contribution >= 4 is 18.6 Å². The highest BCUT2D eigenvalue weighted by molar-refractivity contribution is 7.05. The quantitative estimate of drug-likeness (QED) is 0.678. The minimum absolute atomic E-state index is 0.557. The van der Waals surface area contributed by atoms with Gasteiger partial charge in [-0.05, 0) is 41.1 Å². The van der Waals surface area contributed by atoms with Gasteiger partial charge in [0.25, 0.3) is 0 Å². The van der Waals surface area contributed by atoms with Crippen molar-refractivity contribution in [2.24, 2.45) is 5.92 Å². The maximum atomic E-state index is 4.37. The zero-order valence-corrected chi connectivity index (χ0v) is 18.3. The van der Waals surface area contributed by atoms with Crippen LogP contribution in [-0.2, 0) is 0 Å². The second kappa shape index (κ2) is 8.63. The van der Waals surface area contributed by atoms with Crippen LogP contribution < -0.4 is 15.4 Å². The standard InChI is InChI=1S/C26H33NSi/c1-21(2)25-19-12-20-26(25)28(23-15-8-4-9-16-23,24-17-10-5-11-18-24)27-22-13-6-3-7-14-22/h4-5,8-12,15-19,21-22,27H,3,6-7,13-14,20H2,1-2H3. The summed E-state index contributed by atoms with van der Waals surface area (Å²) in [5, 5.41) is 4.68. The molecule has 1 saturated carbocycles. The monoisotopic (exact) mass is 387 g/mol. The molecule has 2 heteroatoms. The Morgan fingerprint density at radius 2 is 1.39 bits per heavy atom. The summed E-state index contributed by atoms with van der Waals surface area (Å²) in [6.07, 6.45) is 12.6. The summed E-state index contributed by atoms with van der Waals surface area (Å²) in [6.45, 7) is 4.70. The fourth-order valence-electron chi connectivity index (χ4n) is 5.13. The summed E-state index contributed by atoms with van der Waals surface area (Å²) in [5.41, 5.74) is 1.56. The molecule has 0 heterocycles. The Bertz CT molecular complexity index is 790. The molecule has 0 aliphatic heterocycles. The summed E-state index contributed by atoms with van der Waals surface area (Å²) in [4.78, 5) is 4.37. The van der Waals surface area contributed by atoms with Crippen LogP contribution in [0.3, 0.4) is 0 Å². The zero-order valence-electron chi connectivity index (χ0n) is 17.3. The minimum Gasteiger partial charge on any atom is -0.324 e. The van der Waals surface area contributed by atoms with Crippen LogP contribution in [0.4, 0.5) is 0 Å². The smallest absolute Gasteiger partial charge is 0.219 e. The van der Waals surface area contributed by atoms with Crippen LogP contribution in [0.1, 0.15) is 52.4 Å². The molecule has 0 amide bonds. The molecule has 146 valence electrons. The third kappa shape index (κ3) is 3.68. The van der Waals surface area contributed by atoms with Gasteiger partial charge in [-0.2, -0.15) is 0 Å². The molecule has 4 rings (SSSR count). The topological polar surface area (TPSA) is 12.0 Å². The van der Waals surface area contributed by atoms with E-state index in [9.17, 15) is 0 Å². The molecule has 1 nitrogen and oxygen atoms in total. The lowest BCUT2D eigenvalue weighted by atomic mass is 9.96. The predicted molar refractivity (Wildman–Crippen MR) is 124 cm³/mol. The molecule has 2 aliphatic rings. The van der Waals surface area contributed by atoms with Gasteiger partial charge in [0, 0.05) is 6.04 Å². The molecule has 2 aliphatic carbocycles. The van der Waals surface area contributed by atoms with Gasteiger partial charge in [0.05, 0.1) is 0 Å². The van der Waals surface area contributed by atoms with Crippen LogP contribution in [-0.4, -0.2) is 14.3 Å². The molecule has 1 fully saturated rings. The van der Waals surface area contributed by atoms with E-state index in [1.165, 1.54) is 42.5 Å². The first kappa shape index (κ1) is 19.4. The largest absolute Gasteiger partial charge is 0.324 e. The average Bonchev–Trinajstić information content (AvgIpc) is 3.25. The van der Waals surface area contributed by atoms with Crippen molar-refractivity contribution in [1.29, 1.82) is 0 Å². The molecule has 0 bridgehead atoms. The van der Waals surface area contributed by atoms with Crippen molar-refractivity contribution in [2.75, 3.05) is 0 Å². The van der Waals surface area contributed by atoms with E-state index in [0.717, 1.165) is 6.42 Å². The van der Waals surface area contributed by atoms with Gasteiger partial charge in [-0.15, -0.1) is 0 Å². The maximum Gasteiger partial charge on any atom is 0.219 e. The minimum atomic E-state index is -2.26. The van der Waals surface area contributed by atoms with Gasteiger partial charge in [0.15, 0.2) is 0 Å². The lowest BCUT2D eigenvalue weighted by Gasteiger charge is -2.41. The highest BCUT2D eigenvalue weighted by Gasteiger charge is 2.44. The first-order valence-electron chi connectivity index (χ1n) is 11.0. The number of allylic oxidation sites excluding steroid dienone is 4. The van der Waals surface area contributed by atoms with Crippen LogP contribution in [0.15, 0.2) is 83.6 Å². The van der Waals surface area contributed by atoms with E-state index in [1.807, 2.05) is 0 Å². The Hall–Kier alpha value is -1.90. The number of hydrogen-bond acceptors (Lipinski definition) is 1. The van der Waals surface area contributed by atoms with Gasteiger partial charge in [-0.3, -0.25) is 0 Å². The van der Waals surface area contributed by atoms with Crippen molar-refractivity contribution in [3.63, 3.8) is 0 Å². The normalized spacial score (nSPS) is 18.2. The highest BCUT2D eigenvalue weighted by Crippen LogP contribution is 2.32. The van der Waals surface area contributed by atoms with Crippen LogP contribution in [0.2, 0.25) is 0 Å². The summed E-state index contributed by atoms with van der Waals surface area (Å²) in [5.74, 6) is 0.557. The molecule has 0 atom stereocenters. The van der Waals surface area contributed by atoms with Crippen molar-refractivity contribution in [3.05, 3.63) is 83.6 Å². The van der Waals surface area contributed by atoms with Crippen molar-refractivity contribution in [1.82, 2.24) is 4.98 Å². The van der Waals surface area contributed by atoms with Gasteiger partial charge in [-0.25, -0.2) is 0 Å². The van der Waals surface area contributed by atoms with E-state index in [0.29, 0.717) is 12.0 Å². The third-order valence-corrected chi connectivity index (χ3v) is 11.1. The van der Waals surface area contributed by atoms with E-state index in [-0.39, 0.29) is 0 Å². The van der Waals surface area contributed by atoms with Crippen LogP contribution in [0, 0.1) is 5.92 Å². The Morgan fingerprint density at radius 3 is 1.93 bits per heavy atom. The number of nitrogens with one attached hydrogen (secondary N) is 1. The summed E-state index contributed by atoms with van der Waals surface area (Å²) in [6, 6.07) is 23.3. The molecule has 0 spiro atoms. The third-order valence-electron chi connectivity index (χ3n) is 6.48. The lowest BCUT2D eigenvalue weighted by Crippen LogP contribution is -2.72. The molecule has 0 saturated heterocycles. The molecule has 2 aromatic carbocycles. The van der Waals surface area contributed by atoms with E-state index in [1.54, 1.807) is 10.8 Å². The Morgan fingerprint density at radius 1 is 0.821 bits per heavy atom. The number of rotatable bonds is 6. The van der Waals surface area contributed by atoms with Crippen LogP contribution in [0.5, 0.6) is 0 Å². The molecule has 0 unspecified atom stereocenters. The van der Waals surface area contributed by atoms with E-state index in [4.69, 9.17) is 0 Å². The van der Waals surface area contributed by atoms with E-state index in [2.05, 4.69) is 91.6 Å². The van der Waals surface area contributed by atoms with Gasteiger partial charge in [-0.1, -0.05) is 111 Å². The first-order chi connectivity index (χ1) is 13.7. The maximum absolute atomic E-state index is 4.37. The molecular formula is C26H33NSi. The van der Waals surface area contributed by atoms with E-state index < -0.39 is 8.24 Å². The number of benzene rings is 2. The predicted octanol–water partition coefficient (Wildman–Crippen LogP) is 5.12. The Balaban J connectivity index is 1.93. The molecule has 0 aromatic heterocycles. The average molecular weight is 388 g/mol. The molecule has 1 N–H and O–H groups in total. The fraction of sp³-hybridized carbons (Fsp3) is 0.385. The highest BCUT2D eigenvalue weighted by atomic mass is 28.3. The SMILES string of the molecule is CC(C)C1=C([Si](NC2CCCCC2)(c2ccccc2)c2ccccc2)CC=C1. The fourth-order valence-corrected chi connectivity index (χ4v) is 10.2. The van der Waals surface area contributed by atoms with Crippen molar-refractivity contribution < 1.29 is 0 Å². The van der Waals surface area contributed by atoms with Crippen molar-refractivity contribution in [3.8, 4) is 0 Å². The second-order valence-corrected chi connectivity index (χ2v) is 12.2. The van der Waals surface area contributed by atoms with Gasteiger partial charge >= 0.3 is 0 Å². The van der Waals surface area contributed by atoms with Gasteiger partial charge < -0.3 is 4.98 Å². The van der Waals surface area contributed by atoms with Gasteiger partial charge in [0.2, 0.25) is 8.24 Å². The summed E-state index contributed by atoms with van der Waals surface area (Å²) < 4.78 is 0. The van der Waals surface area contributed by atoms with Gasteiger partial charge in [0.1, 0.15) is 0 Å². The van der Waals surface area contributed by atoms with Crippen molar-refractivity contribution in [2.45, 2.75) is 58.4 Å². The summed E-state index contributed by atoms with van der Waals surface area (Å²) >= 11 is 0.